The Labute approximate surface area is 95.9 Å². The van der Waals surface area contributed by atoms with Gasteiger partial charge in [0.2, 0.25) is 0 Å². The van der Waals surface area contributed by atoms with E-state index in [2.05, 4.69) is 15.2 Å². The summed E-state index contributed by atoms with van der Waals surface area (Å²) in [5.41, 5.74) is 8.58. The highest BCUT2D eigenvalue weighted by molar-refractivity contribution is 8.00. The molecule has 2 N–H and O–H groups in total. The molecular weight excluding hydrogens is 228 g/mol. The molecule has 0 aromatic carbocycles. The molecule has 78 valence electrons. The standard InChI is InChI=1S/C9H10N4S2/c1-6(10)7-2-3-11-8(4-7)15-9-13-12-5-14-9/h2-6H,10H2,1H3. The van der Waals surface area contributed by atoms with E-state index < -0.39 is 0 Å². The van der Waals surface area contributed by atoms with Crippen molar-refractivity contribution in [3.8, 4) is 0 Å². The summed E-state index contributed by atoms with van der Waals surface area (Å²) in [6.07, 6.45) is 1.77. The second-order valence-electron chi connectivity index (χ2n) is 3.02. The van der Waals surface area contributed by atoms with Gasteiger partial charge in [0.25, 0.3) is 0 Å². The molecule has 0 fully saturated rings. The highest BCUT2D eigenvalue weighted by Gasteiger charge is 2.05. The van der Waals surface area contributed by atoms with Crippen LogP contribution in [0.25, 0.3) is 0 Å². The Morgan fingerprint density at radius 1 is 1.53 bits per heavy atom. The minimum absolute atomic E-state index is 0.0294. The van der Waals surface area contributed by atoms with Crippen LogP contribution in [0, 0.1) is 0 Å². The molecule has 15 heavy (non-hydrogen) atoms. The van der Waals surface area contributed by atoms with Crippen LogP contribution in [0.5, 0.6) is 0 Å². The van der Waals surface area contributed by atoms with Gasteiger partial charge in [-0.3, -0.25) is 0 Å². The molecule has 0 amide bonds. The summed E-state index contributed by atoms with van der Waals surface area (Å²) in [4.78, 5) is 4.24. The van der Waals surface area contributed by atoms with Crippen molar-refractivity contribution in [3.05, 3.63) is 29.4 Å². The van der Waals surface area contributed by atoms with Gasteiger partial charge in [0.1, 0.15) is 10.5 Å². The predicted molar refractivity (Wildman–Crippen MR) is 60.9 cm³/mol. The van der Waals surface area contributed by atoms with E-state index in [9.17, 15) is 0 Å². The zero-order chi connectivity index (χ0) is 10.7. The van der Waals surface area contributed by atoms with Crippen LogP contribution in [0.1, 0.15) is 18.5 Å². The molecule has 2 aromatic rings. The van der Waals surface area contributed by atoms with Crippen LogP contribution < -0.4 is 5.73 Å². The molecule has 0 aliphatic carbocycles. The second-order valence-corrected chi connectivity index (χ2v) is 5.12. The summed E-state index contributed by atoms with van der Waals surface area (Å²) in [7, 11) is 0. The lowest BCUT2D eigenvalue weighted by atomic mass is 10.1. The Hall–Kier alpha value is -0.980. The van der Waals surface area contributed by atoms with Crippen molar-refractivity contribution in [3.63, 3.8) is 0 Å². The topological polar surface area (TPSA) is 64.7 Å². The van der Waals surface area contributed by atoms with Crippen LogP contribution in [0.2, 0.25) is 0 Å². The number of pyridine rings is 1. The maximum absolute atomic E-state index is 5.79. The monoisotopic (exact) mass is 238 g/mol. The van der Waals surface area contributed by atoms with Crippen molar-refractivity contribution in [2.75, 3.05) is 0 Å². The van der Waals surface area contributed by atoms with Gasteiger partial charge < -0.3 is 5.73 Å². The fourth-order valence-corrected chi connectivity index (χ4v) is 2.49. The first-order valence-corrected chi connectivity index (χ1v) is 6.11. The third kappa shape index (κ3) is 2.74. The first-order chi connectivity index (χ1) is 7.25. The van der Waals surface area contributed by atoms with Crippen molar-refractivity contribution in [1.29, 1.82) is 0 Å². The van der Waals surface area contributed by atoms with Gasteiger partial charge in [0, 0.05) is 12.2 Å². The summed E-state index contributed by atoms with van der Waals surface area (Å²) < 4.78 is 0.893. The normalized spacial score (nSPS) is 12.7. The number of aromatic nitrogens is 3. The second kappa shape index (κ2) is 4.69. The van der Waals surface area contributed by atoms with Crippen molar-refractivity contribution in [2.24, 2.45) is 5.73 Å². The van der Waals surface area contributed by atoms with E-state index in [-0.39, 0.29) is 6.04 Å². The van der Waals surface area contributed by atoms with Crippen LogP contribution in [0.4, 0.5) is 0 Å². The molecule has 2 heterocycles. The van der Waals surface area contributed by atoms with Gasteiger partial charge in [-0.2, -0.15) is 0 Å². The molecule has 2 aromatic heterocycles. The molecule has 1 unspecified atom stereocenters. The first-order valence-electron chi connectivity index (χ1n) is 4.41. The highest BCUT2D eigenvalue weighted by Crippen LogP contribution is 2.27. The maximum atomic E-state index is 5.79. The number of hydrogen-bond acceptors (Lipinski definition) is 6. The van der Waals surface area contributed by atoms with Gasteiger partial charge in [-0.05, 0) is 36.4 Å². The molecule has 0 spiro atoms. The smallest absolute Gasteiger partial charge is 0.180 e. The van der Waals surface area contributed by atoms with Gasteiger partial charge in [0.15, 0.2) is 4.34 Å². The zero-order valence-electron chi connectivity index (χ0n) is 8.12. The lowest BCUT2D eigenvalue weighted by molar-refractivity contribution is 0.808. The molecule has 6 heteroatoms. The quantitative estimate of drug-likeness (QED) is 0.887. The Kier molecular flexibility index (Phi) is 3.30. The minimum atomic E-state index is 0.0294. The third-order valence-corrected chi connectivity index (χ3v) is 3.53. The third-order valence-electron chi connectivity index (χ3n) is 1.82. The summed E-state index contributed by atoms with van der Waals surface area (Å²) >= 11 is 3.01. The van der Waals surface area contributed by atoms with Crippen molar-refractivity contribution in [2.45, 2.75) is 22.3 Å². The number of rotatable bonds is 3. The average Bonchev–Trinajstić information content (AvgIpc) is 2.71. The summed E-state index contributed by atoms with van der Waals surface area (Å²) in [6.45, 7) is 1.95. The summed E-state index contributed by atoms with van der Waals surface area (Å²) in [6, 6.07) is 3.94. The SMILES string of the molecule is CC(N)c1ccnc(Sc2nncs2)c1. The van der Waals surface area contributed by atoms with Gasteiger partial charge in [-0.1, -0.05) is 11.3 Å². The Bertz CT molecular complexity index is 427. The highest BCUT2D eigenvalue weighted by atomic mass is 32.2. The van der Waals surface area contributed by atoms with Gasteiger partial charge >= 0.3 is 0 Å². The van der Waals surface area contributed by atoms with E-state index in [1.54, 1.807) is 11.7 Å². The molecule has 0 aliphatic rings. The van der Waals surface area contributed by atoms with Crippen molar-refractivity contribution < 1.29 is 0 Å². The van der Waals surface area contributed by atoms with Crippen molar-refractivity contribution >= 4 is 23.1 Å². The maximum Gasteiger partial charge on any atom is 0.180 e. The van der Waals surface area contributed by atoms with Crippen molar-refractivity contribution in [1.82, 2.24) is 15.2 Å². The van der Waals surface area contributed by atoms with Crippen LogP contribution in [0.3, 0.4) is 0 Å². The Balaban J connectivity index is 2.18. The minimum Gasteiger partial charge on any atom is -0.324 e. The van der Waals surface area contributed by atoms with E-state index in [1.165, 1.54) is 23.1 Å². The van der Waals surface area contributed by atoms with Crippen LogP contribution >= 0.6 is 23.1 Å². The van der Waals surface area contributed by atoms with E-state index in [0.29, 0.717) is 0 Å². The molecule has 0 aliphatic heterocycles. The lowest BCUT2D eigenvalue weighted by Gasteiger charge is -2.05. The van der Waals surface area contributed by atoms with Crippen LogP contribution in [-0.4, -0.2) is 15.2 Å². The number of nitrogens with two attached hydrogens (primary N) is 1. The number of hydrogen-bond donors (Lipinski definition) is 1. The average molecular weight is 238 g/mol. The summed E-state index contributed by atoms with van der Waals surface area (Å²) in [5, 5.41) is 8.62. The molecule has 0 radical (unpaired) electrons. The molecule has 0 saturated carbocycles. The van der Waals surface area contributed by atoms with E-state index in [0.717, 1.165) is 14.9 Å². The van der Waals surface area contributed by atoms with Gasteiger partial charge in [-0.15, -0.1) is 10.2 Å². The Morgan fingerprint density at radius 2 is 2.40 bits per heavy atom. The molecular formula is C9H10N4S2. The molecule has 0 bridgehead atoms. The molecule has 2 rings (SSSR count). The largest absolute Gasteiger partial charge is 0.324 e. The molecule has 0 saturated heterocycles. The van der Waals surface area contributed by atoms with Crippen LogP contribution in [-0.2, 0) is 0 Å². The molecule has 4 nitrogen and oxygen atoms in total. The van der Waals surface area contributed by atoms with Gasteiger partial charge in [-0.25, -0.2) is 4.98 Å². The Morgan fingerprint density at radius 3 is 3.07 bits per heavy atom. The number of nitrogens with zero attached hydrogens (tertiary/aromatic N) is 3. The molecule has 1 atom stereocenters. The first kappa shape index (κ1) is 10.5. The predicted octanol–water partition coefficient (Wildman–Crippen LogP) is 2.10. The summed E-state index contributed by atoms with van der Waals surface area (Å²) in [5.74, 6) is 0. The van der Waals surface area contributed by atoms with Gasteiger partial charge in [0.05, 0.1) is 0 Å². The fourth-order valence-electron chi connectivity index (χ4n) is 1.06. The van der Waals surface area contributed by atoms with E-state index in [4.69, 9.17) is 5.73 Å². The van der Waals surface area contributed by atoms with E-state index in [1.807, 2.05) is 19.1 Å². The lowest BCUT2D eigenvalue weighted by Crippen LogP contribution is -2.04. The van der Waals surface area contributed by atoms with E-state index >= 15 is 0 Å². The fraction of sp³-hybridized carbons (Fsp3) is 0.222. The van der Waals surface area contributed by atoms with Crippen LogP contribution in [0.15, 0.2) is 33.2 Å². The zero-order valence-corrected chi connectivity index (χ0v) is 9.76.